The molecule has 0 saturated carbocycles. The summed E-state index contributed by atoms with van der Waals surface area (Å²) in [5.41, 5.74) is 9.90. The number of rotatable bonds is 43. The highest BCUT2D eigenvalue weighted by Gasteiger charge is 2.21. The van der Waals surface area contributed by atoms with E-state index < -0.39 is 21.4 Å². The van der Waals surface area contributed by atoms with Crippen LogP contribution in [-0.2, 0) is 20.8 Å². The molecule has 16 heteroatoms. The summed E-state index contributed by atoms with van der Waals surface area (Å²) >= 11 is 0. The second-order valence-corrected chi connectivity index (χ2v) is 17.8. The summed E-state index contributed by atoms with van der Waals surface area (Å²) in [6, 6.07) is 22.7. The lowest BCUT2D eigenvalue weighted by Gasteiger charge is -2.27. The zero-order valence-corrected chi connectivity index (χ0v) is 41.1. The first-order valence-corrected chi connectivity index (χ1v) is 25.8. The summed E-state index contributed by atoms with van der Waals surface area (Å²) in [5, 5.41) is 59.9. The third-order valence-electron chi connectivity index (χ3n) is 12.5. The minimum Gasteiger partial charge on any atom is -0.423 e. The molecule has 0 aromatic heterocycles. The molecule has 0 unspecified atom stereocenters. The number of unbranched alkanes of at least 4 members (excludes halogenated alkanes) is 14. The lowest BCUT2D eigenvalue weighted by Crippen LogP contribution is -2.38. The predicted octanol–water partition coefficient (Wildman–Crippen LogP) is 4.59. The zero-order valence-electron chi connectivity index (χ0n) is 41.1. The van der Waals surface area contributed by atoms with Crippen LogP contribution < -0.4 is 31.9 Å². The first-order chi connectivity index (χ1) is 32.8. The lowest BCUT2D eigenvalue weighted by atomic mass is 9.77. The predicted molar refractivity (Wildman–Crippen MR) is 279 cm³/mol. The molecule has 3 rings (SSSR count). The zero-order chi connectivity index (χ0) is 48.2. The molecule has 0 amide bonds. The second kappa shape index (κ2) is 37.9. The monoisotopic (exact) mass is 933 g/mol. The van der Waals surface area contributed by atoms with E-state index in [1.807, 2.05) is 60.7 Å². The fourth-order valence-electron chi connectivity index (χ4n) is 8.71. The quantitative estimate of drug-likeness (QED) is 0.0309. The molecule has 0 aliphatic heterocycles. The molecule has 13 nitrogen and oxygen atoms in total. The average molecular weight is 933 g/mol. The Bertz CT molecular complexity index is 1650. The molecule has 0 heterocycles. The van der Waals surface area contributed by atoms with Crippen molar-refractivity contribution >= 4 is 49.1 Å². The van der Waals surface area contributed by atoms with Crippen molar-refractivity contribution < 1.29 is 44.4 Å². The molecule has 67 heavy (non-hydrogen) atoms. The van der Waals surface area contributed by atoms with E-state index in [4.69, 9.17) is 19.9 Å². The molecule has 374 valence electrons. The molecule has 0 bridgehead atoms. The van der Waals surface area contributed by atoms with E-state index in [0.29, 0.717) is 69.1 Å². The van der Waals surface area contributed by atoms with E-state index in [1.54, 1.807) is 12.1 Å². The van der Waals surface area contributed by atoms with Crippen molar-refractivity contribution in [3.8, 4) is 0 Å². The summed E-state index contributed by atoms with van der Waals surface area (Å²) in [4.78, 5) is 6.99. The van der Waals surface area contributed by atoms with Gasteiger partial charge in [0.1, 0.15) is 0 Å². The van der Waals surface area contributed by atoms with Gasteiger partial charge in [0, 0.05) is 68.2 Å². The van der Waals surface area contributed by atoms with Crippen LogP contribution in [0.4, 0.5) is 11.4 Å². The van der Waals surface area contributed by atoms with E-state index in [9.17, 15) is 30.1 Å². The van der Waals surface area contributed by atoms with Crippen LogP contribution in [0, 0.1) is 0 Å². The Kier molecular flexibility index (Phi) is 33.0. The number of nitrogens with two attached hydrogens (primary N) is 1. The van der Waals surface area contributed by atoms with Crippen LogP contribution in [-0.4, -0.2) is 142 Å². The van der Waals surface area contributed by atoms with Gasteiger partial charge in [0.25, 0.3) is 0 Å². The Morgan fingerprint density at radius 3 is 1.22 bits per heavy atom. The minimum atomic E-state index is -1.53. The molecule has 0 spiro atoms. The Morgan fingerprint density at radius 2 is 0.761 bits per heavy atom. The summed E-state index contributed by atoms with van der Waals surface area (Å²) in [6.07, 6.45) is 20.4. The number of para-hydroxylation sites is 2. The number of nitrogens with zero attached hydrogens (tertiary/aromatic N) is 3. The normalized spacial score (nSPS) is 11.4. The standard InChI is InChI=1S/C51H87B3N4O9/c1-2-57(50-31-19-17-29-48(50)53(61)62)36-23-13-8-6-4-3-5-7-11-21-34-56(45-46-27-15-16-28-47(46)52(59)60)35-22-12-9-10-14-24-37-58(51-32-20-18-30-49(51)54(63)64)38-26-40-66-42-44-67-43-41-65-39-25-33-55/h15-20,27-32,59-64H,2-14,21-26,33-45,55H2,1H3. The Balaban J connectivity index is 1.32. The molecular weight excluding hydrogens is 845 g/mol. The van der Waals surface area contributed by atoms with Gasteiger partial charge in [0.2, 0.25) is 0 Å². The molecule has 0 radical (unpaired) electrons. The lowest BCUT2D eigenvalue weighted by molar-refractivity contribution is 0.0142. The number of ether oxygens (including phenoxy) is 3. The molecule has 3 aromatic rings. The van der Waals surface area contributed by atoms with Crippen molar-refractivity contribution in [2.45, 2.75) is 129 Å². The van der Waals surface area contributed by atoms with E-state index in [1.165, 1.54) is 51.4 Å². The fourth-order valence-corrected chi connectivity index (χ4v) is 8.71. The van der Waals surface area contributed by atoms with Gasteiger partial charge in [0.15, 0.2) is 0 Å². The van der Waals surface area contributed by atoms with Gasteiger partial charge in [-0.15, -0.1) is 0 Å². The van der Waals surface area contributed by atoms with Gasteiger partial charge < -0.3 is 59.9 Å². The van der Waals surface area contributed by atoms with E-state index in [-0.39, 0.29) is 0 Å². The van der Waals surface area contributed by atoms with Crippen LogP contribution in [0.3, 0.4) is 0 Å². The van der Waals surface area contributed by atoms with E-state index in [0.717, 1.165) is 120 Å². The molecule has 0 atom stereocenters. The maximum atomic E-state index is 10.1. The van der Waals surface area contributed by atoms with Gasteiger partial charge in [-0.25, -0.2) is 0 Å². The highest BCUT2D eigenvalue weighted by molar-refractivity contribution is 6.61. The maximum absolute atomic E-state index is 10.1. The third-order valence-corrected chi connectivity index (χ3v) is 12.5. The Hall–Kier alpha value is -2.99. The largest absolute Gasteiger partial charge is 0.490 e. The van der Waals surface area contributed by atoms with Gasteiger partial charge in [-0.3, -0.25) is 4.90 Å². The Morgan fingerprint density at radius 1 is 0.403 bits per heavy atom. The first kappa shape index (κ1) is 58.3. The van der Waals surface area contributed by atoms with Crippen LogP contribution in [0.15, 0.2) is 72.8 Å². The van der Waals surface area contributed by atoms with Crippen molar-refractivity contribution in [1.82, 2.24) is 4.90 Å². The summed E-state index contributed by atoms with van der Waals surface area (Å²) in [6.45, 7) is 12.2. The maximum Gasteiger partial charge on any atom is 0.490 e. The molecule has 0 aliphatic rings. The molecule has 0 saturated heterocycles. The van der Waals surface area contributed by atoms with Crippen molar-refractivity contribution in [3.63, 3.8) is 0 Å². The number of hydrogen-bond acceptors (Lipinski definition) is 13. The second-order valence-electron chi connectivity index (χ2n) is 17.8. The van der Waals surface area contributed by atoms with Crippen LogP contribution in [0.25, 0.3) is 0 Å². The first-order valence-electron chi connectivity index (χ1n) is 25.8. The van der Waals surface area contributed by atoms with Gasteiger partial charge in [-0.2, -0.15) is 0 Å². The van der Waals surface area contributed by atoms with Gasteiger partial charge in [-0.05, 0) is 88.2 Å². The summed E-state index contributed by atoms with van der Waals surface area (Å²) in [5.74, 6) is 0. The smallest absolute Gasteiger partial charge is 0.423 e. The molecule has 0 aliphatic carbocycles. The topological polar surface area (TPSA) is 185 Å². The highest BCUT2D eigenvalue weighted by atomic mass is 16.5. The van der Waals surface area contributed by atoms with Crippen LogP contribution in [0.5, 0.6) is 0 Å². The van der Waals surface area contributed by atoms with Gasteiger partial charge in [0.05, 0.1) is 26.4 Å². The van der Waals surface area contributed by atoms with Gasteiger partial charge >= 0.3 is 21.4 Å². The van der Waals surface area contributed by atoms with Crippen LogP contribution in [0.1, 0.15) is 128 Å². The van der Waals surface area contributed by atoms with E-state index >= 15 is 0 Å². The molecule has 0 fully saturated rings. The van der Waals surface area contributed by atoms with Crippen LogP contribution >= 0.6 is 0 Å². The number of benzene rings is 3. The molecule has 8 N–H and O–H groups in total. The third kappa shape index (κ3) is 25.4. The number of anilines is 2. The summed E-state index contributed by atoms with van der Waals surface area (Å²) < 4.78 is 16.9. The summed E-state index contributed by atoms with van der Waals surface area (Å²) in [7, 11) is -4.47. The minimum absolute atomic E-state index is 0.520. The highest BCUT2D eigenvalue weighted by Crippen LogP contribution is 2.18. The molecular formula is C51H87B3N4O9. The Labute approximate surface area is 405 Å². The van der Waals surface area contributed by atoms with Crippen molar-refractivity contribution in [2.75, 3.05) is 95.3 Å². The fraction of sp³-hybridized carbons (Fsp3) is 0.647. The molecule has 3 aromatic carbocycles. The van der Waals surface area contributed by atoms with Crippen molar-refractivity contribution in [3.05, 3.63) is 78.4 Å². The van der Waals surface area contributed by atoms with Crippen molar-refractivity contribution in [1.29, 1.82) is 0 Å². The average Bonchev–Trinajstić information content (AvgIpc) is 3.33. The SMILES string of the molecule is CCN(CCCCCCCCCCCCN(CCCCCCCCN(CCCOCCOCCOCCCN)c1ccccc1B(O)O)Cc1ccccc1B(O)O)c1ccccc1B(O)O. The van der Waals surface area contributed by atoms with Crippen LogP contribution in [0.2, 0.25) is 0 Å². The van der Waals surface area contributed by atoms with Gasteiger partial charge in [-0.1, -0.05) is 138 Å². The number of hydrogen-bond donors (Lipinski definition) is 7. The van der Waals surface area contributed by atoms with Crippen molar-refractivity contribution in [2.24, 2.45) is 5.73 Å². The van der Waals surface area contributed by atoms with E-state index in [2.05, 4.69) is 21.6 Å².